The van der Waals surface area contributed by atoms with Crippen LogP contribution in [0.4, 0.5) is 5.69 Å². The molecule has 0 spiro atoms. The number of carbonyl (C=O) groups is 1. The van der Waals surface area contributed by atoms with Crippen LogP contribution in [0.25, 0.3) is 0 Å². The maximum atomic E-state index is 11.5. The fraction of sp³-hybridized carbons (Fsp3) is 0.478. The van der Waals surface area contributed by atoms with Crippen LogP contribution in [0.15, 0.2) is 40.4 Å². The van der Waals surface area contributed by atoms with Crippen LogP contribution in [0.3, 0.4) is 0 Å². The van der Waals surface area contributed by atoms with Crippen LogP contribution in [0.5, 0.6) is 0 Å². The summed E-state index contributed by atoms with van der Waals surface area (Å²) < 4.78 is 2.32. The molecule has 0 radical (unpaired) electrons. The monoisotopic (exact) mass is 498 g/mol. The van der Waals surface area contributed by atoms with Crippen LogP contribution in [0.2, 0.25) is 0 Å². The molecule has 2 aromatic rings. The van der Waals surface area contributed by atoms with Crippen molar-refractivity contribution in [3.8, 4) is 0 Å². The number of carboxylic acids is 1. The van der Waals surface area contributed by atoms with Gasteiger partial charge in [0, 0.05) is 50.4 Å². The molecule has 6 nitrogen and oxygen atoms in total. The zero-order chi connectivity index (χ0) is 21.5. The minimum atomic E-state index is -0.743. The molecule has 176 valence electrons. The van der Waals surface area contributed by atoms with E-state index in [0.717, 1.165) is 49.9 Å². The van der Waals surface area contributed by atoms with E-state index in [1.807, 2.05) is 0 Å². The van der Waals surface area contributed by atoms with Gasteiger partial charge < -0.3 is 14.6 Å². The Labute approximate surface area is 206 Å². The first-order chi connectivity index (χ1) is 14.3. The molecule has 1 aromatic carbocycles. The normalized spacial score (nSPS) is 16.1. The molecule has 32 heavy (non-hydrogen) atoms. The van der Waals surface area contributed by atoms with Gasteiger partial charge in [0.1, 0.15) is 0 Å². The average Bonchev–Trinajstić information content (AvgIpc) is 3.04. The molecule has 1 fully saturated rings. The molecule has 0 aliphatic carbocycles. The molecule has 4 rings (SSSR count). The van der Waals surface area contributed by atoms with Crippen molar-refractivity contribution in [2.75, 3.05) is 39.0 Å². The van der Waals surface area contributed by atoms with Gasteiger partial charge in [-0.25, -0.2) is 4.99 Å². The van der Waals surface area contributed by atoms with Crippen molar-refractivity contribution in [2.24, 2.45) is 10.4 Å². The summed E-state index contributed by atoms with van der Waals surface area (Å²) in [6, 6.07) is 8.72. The van der Waals surface area contributed by atoms with Gasteiger partial charge in [-0.2, -0.15) is 0 Å². The Morgan fingerprint density at radius 1 is 1.16 bits per heavy atom. The molecule has 9 heteroatoms. The minimum absolute atomic E-state index is 0. The Hall–Kier alpha value is -1.67. The number of nitrogens with zero attached hydrogens (tertiary/aromatic N) is 4. The van der Waals surface area contributed by atoms with E-state index in [2.05, 4.69) is 58.0 Å². The molecule has 2 aliphatic heterocycles. The lowest BCUT2D eigenvalue weighted by molar-refractivity contribution is -0.148. The summed E-state index contributed by atoms with van der Waals surface area (Å²) in [6.07, 6.45) is 4.33. The predicted molar refractivity (Wildman–Crippen MR) is 137 cm³/mol. The summed E-state index contributed by atoms with van der Waals surface area (Å²) in [5.74, 6) is 0.280. The highest BCUT2D eigenvalue weighted by Crippen LogP contribution is 2.31. The van der Waals surface area contributed by atoms with Gasteiger partial charge in [-0.15, -0.1) is 36.6 Å². The number of thioether (sulfide) groups is 1. The van der Waals surface area contributed by atoms with Crippen molar-refractivity contribution < 1.29 is 9.90 Å². The summed E-state index contributed by atoms with van der Waals surface area (Å²) in [5.41, 5.74) is 3.96. The topological polar surface area (TPSA) is 61.1 Å². The Balaban J connectivity index is 0.00000181. The molecular weight excluding hydrogens is 467 g/mol. The van der Waals surface area contributed by atoms with Crippen molar-refractivity contribution in [1.82, 2.24) is 14.4 Å². The van der Waals surface area contributed by atoms with Gasteiger partial charge in [-0.3, -0.25) is 9.69 Å². The summed E-state index contributed by atoms with van der Waals surface area (Å²) in [7, 11) is 0. The second kappa shape index (κ2) is 10.5. The van der Waals surface area contributed by atoms with Crippen LogP contribution < -0.4 is 0 Å². The van der Waals surface area contributed by atoms with Crippen molar-refractivity contribution in [3.63, 3.8) is 0 Å². The molecule has 2 aliphatic rings. The van der Waals surface area contributed by atoms with Crippen molar-refractivity contribution in [2.45, 2.75) is 32.2 Å². The van der Waals surface area contributed by atoms with Gasteiger partial charge >= 0.3 is 5.97 Å². The van der Waals surface area contributed by atoms with Gasteiger partial charge in [0.15, 0.2) is 5.84 Å². The Morgan fingerprint density at radius 3 is 2.47 bits per heavy atom. The molecule has 1 aromatic heterocycles. The largest absolute Gasteiger partial charge is 0.481 e. The van der Waals surface area contributed by atoms with E-state index in [9.17, 15) is 9.90 Å². The molecule has 0 atom stereocenters. The number of hydrogen-bond donors (Lipinski definition) is 1. The van der Waals surface area contributed by atoms with Gasteiger partial charge in [0.2, 0.25) is 0 Å². The molecule has 1 saturated heterocycles. The SMILES string of the molecule is CSc1cc2n(c1)Cc1cc(C)ccc1N=C2N1CCN(CC(C)(C)C(=O)O)CC1.Cl.Cl. The average molecular weight is 500 g/mol. The van der Waals surface area contributed by atoms with Crippen LogP contribution >= 0.6 is 36.6 Å². The van der Waals surface area contributed by atoms with Crippen molar-refractivity contribution >= 4 is 54.1 Å². The number of hydrogen-bond acceptors (Lipinski definition) is 5. The van der Waals surface area contributed by atoms with Crippen LogP contribution in [-0.4, -0.2) is 70.3 Å². The first-order valence-electron chi connectivity index (χ1n) is 10.4. The maximum Gasteiger partial charge on any atom is 0.310 e. The van der Waals surface area contributed by atoms with E-state index >= 15 is 0 Å². The highest BCUT2D eigenvalue weighted by atomic mass is 35.5. The van der Waals surface area contributed by atoms with Crippen LogP contribution in [0, 0.1) is 12.3 Å². The summed E-state index contributed by atoms with van der Waals surface area (Å²) >= 11 is 1.75. The lowest BCUT2D eigenvalue weighted by Gasteiger charge is -2.38. The highest BCUT2D eigenvalue weighted by molar-refractivity contribution is 7.98. The minimum Gasteiger partial charge on any atom is -0.481 e. The predicted octanol–water partition coefficient (Wildman–Crippen LogP) is 4.53. The third-order valence-corrected chi connectivity index (χ3v) is 6.70. The van der Waals surface area contributed by atoms with E-state index in [1.165, 1.54) is 16.0 Å². The highest BCUT2D eigenvalue weighted by Gasteiger charge is 2.32. The summed E-state index contributed by atoms with van der Waals surface area (Å²) in [5, 5.41) is 9.45. The lowest BCUT2D eigenvalue weighted by Crippen LogP contribution is -2.52. The third-order valence-electron chi connectivity index (χ3n) is 6.01. The molecular formula is C23H32Cl2N4O2S. The van der Waals surface area contributed by atoms with Gasteiger partial charge in [-0.05, 0) is 44.7 Å². The van der Waals surface area contributed by atoms with Crippen LogP contribution in [0.1, 0.15) is 30.7 Å². The standard InChI is InChI=1S/C23H30N4O2S.2ClH/c1-16-5-6-19-17(11-16)13-27-14-18(30-4)12-20(27)21(24-19)26-9-7-25(8-10-26)15-23(2,3)22(28)29;;/h5-6,11-12,14H,7-10,13,15H2,1-4H3,(H,28,29);2*1H. The zero-order valence-corrected chi connectivity index (χ0v) is 21.4. The number of amidine groups is 1. The smallest absolute Gasteiger partial charge is 0.310 e. The molecule has 0 unspecified atom stereocenters. The van der Waals surface area contributed by atoms with Gasteiger partial charge in [0.25, 0.3) is 0 Å². The maximum absolute atomic E-state index is 11.5. The Bertz CT molecular complexity index is 998. The first-order valence-corrected chi connectivity index (χ1v) is 11.6. The molecule has 0 amide bonds. The van der Waals surface area contributed by atoms with E-state index in [1.54, 1.807) is 25.6 Å². The first kappa shape index (κ1) is 26.6. The second-order valence-corrected chi connectivity index (χ2v) is 9.79. The second-order valence-electron chi connectivity index (χ2n) is 8.91. The number of benzene rings is 1. The van der Waals surface area contributed by atoms with E-state index < -0.39 is 11.4 Å². The number of aryl methyl sites for hydroxylation is 1. The number of aliphatic carboxylic acids is 1. The van der Waals surface area contributed by atoms with Crippen molar-refractivity contribution in [3.05, 3.63) is 47.3 Å². The number of rotatable bonds is 4. The van der Waals surface area contributed by atoms with Gasteiger partial charge in [0.05, 0.1) is 16.8 Å². The molecule has 1 N–H and O–H groups in total. The number of aromatic nitrogens is 1. The quantitative estimate of drug-likeness (QED) is 0.627. The van der Waals surface area contributed by atoms with E-state index in [0.29, 0.717) is 6.54 Å². The van der Waals surface area contributed by atoms with E-state index in [-0.39, 0.29) is 24.8 Å². The molecule has 3 heterocycles. The zero-order valence-electron chi connectivity index (χ0n) is 19.0. The van der Waals surface area contributed by atoms with Crippen molar-refractivity contribution in [1.29, 1.82) is 0 Å². The Morgan fingerprint density at radius 2 is 1.84 bits per heavy atom. The molecule has 0 bridgehead atoms. The van der Waals surface area contributed by atoms with Crippen LogP contribution in [-0.2, 0) is 11.3 Å². The van der Waals surface area contributed by atoms with E-state index in [4.69, 9.17) is 4.99 Å². The summed E-state index contributed by atoms with van der Waals surface area (Å²) in [6.45, 7) is 10.5. The lowest BCUT2D eigenvalue weighted by atomic mass is 9.93. The van der Waals surface area contributed by atoms with Gasteiger partial charge in [-0.1, -0.05) is 17.7 Å². The number of fused-ring (bicyclic) bond motifs is 2. The number of piperazine rings is 1. The number of aliphatic imine (C=N–C) groups is 1. The third kappa shape index (κ3) is 5.45. The number of carboxylic acid groups (broad SMARTS) is 1. The fourth-order valence-electron chi connectivity index (χ4n) is 4.20. The molecule has 0 saturated carbocycles. The fourth-order valence-corrected chi connectivity index (χ4v) is 4.66. The number of halogens is 2. The Kier molecular flexibility index (Phi) is 8.73. The summed E-state index contributed by atoms with van der Waals surface area (Å²) in [4.78, 5) is 22.5.